The first-order valence-corrected chi connectivity index (χ1v) is 10.4. The van der Waals surface area contributed by atoms with E-state index in [1.54, 1.807) is 28.9 Å². The van der Waals surface area contributed by atoms with Crippen molar-refractivity contribution >= 4 is 17.5 Å². The van der Waals surface area contributed by atoms with E-state index in [2.05, 4.69) is 0 Å². The summed E-state index contributed by atoms with van der Waals surface area (Å²) in [6, 6.07) is 9.71. The molecule has 0 saturated carbocycles. The molecule has 4 heterocycles. The summed E-state index contributed by atoms with van der Waals surface area (Å²) >= 11 is 0. The standard InChI is InChI=1S/C22H22N4O5/c1-13(24-12-15-4-2-3-5-17(15)21(24)28)20(27)23-9-14-8-16(11-23)18-6-7-19(26(30)31)22(29)25(18)10-14/h2-7,13-14,16H,8-12H2,1H3/t13-,14?,16?/m0/s1. The molecule has 3 atom stereocenters. The second kappa shape index (κ2) is 7.04. The molecule has 5 rings (SSSR count). The number of likely N-dealkylation sites (tertiary alicyclic amines) is 1. The van der Waals surface area contributed by atoms with Gasteiger partial charge in [0, 0.05) is 49.4 Å². The fourth-order valence-corrected chi connectivity index (χ4v) is 5.24. The van der Waals surface area contributed by atoms with Crippen molar-refractivity contribution in [3.05, 3.63) is 73.7 Å². The minimum atomic E-state index is -0.650. The van der Waals surface area contributed by atoms with Crippen molar-refractivity contribution < 1.29 is 14.5 Å². The fourth-order valence-electron chi connectivity index (χ4n) is 5.24. The van der Waals surface area contributed by atoms with Crippen molar-refractivity contribution in [2.24, 2.45) is 5.92 Å². The lowest BCUT2D eigenvalue weighted by Crippen LogP contribution is -2.54. The first-order chi connectivity index (χ1) is 14.8. The van der Waals surface area contributed by atoms with Crippen LogP contribution in [0.15, 0.2) is 41.2 Å². The maximum absolute atomic E-state index is 13.3. The molecule has 2 unspecified atom stereocenters. The van der Waals surface area contributed by atoms with Gasteiger partial charge in [-0.05, 0) is 37.0 Å². The number of fused-ring (bicyclic) bond motifs is 5. The van der Waals surface area contributed by atoms with Crippen LogP contribution < -0.4 is 5.56 Å². The number of rotatable bonds is 3. The molecule has 2 bridgehead atoms. The van der Waals surface area contributed by atoms with Gasteiger partial charge >= 0.3 is 11.2 Å². The Morgan fingerprint density at radius 2 is 1.90 bits per heavy atom. The van der Waals surface area contributed by atoms with E-state index < -0.39 is 22.2 Å². The third-order valence-electron chi connectivity index (χ3n) is 6.77. The van der Waals surface area contributed by atoms with Gasteiger partial charge in [-0.2, -0.15) is 0 Å². The minimum absolute atomic E-state index is 0.0496. The van der Waals surface area contributed by atoms with Gasteiger partial charge in [-0.3, -0.25) is 24.5 Å². The summed E-state index contributed by atoms with van der Waals surface area (Å²) < 4.78 is 1.50. The SMILES string of the molecule is C[C@@H](C(=O)N1CC2CC(C1)c1ccc([N+](=O)[O-])c(=O)n1C2)N1Cc2ccccc2C1=O. The smallest absolute Gasteiger partial charge is 0.334 e. The van der Waals surface area contributed by atoms with E-state index in [4.69, 9.17) is 0 Å². The van der Waals surface area contributed by atoms with Gasteiger partial charge in [0.1, 0.15) is 6.04 Å². The highest BCUT2D eigenvalue weighted by Crippen LogP contribution is 2.36. The predicted octanol–water partition coefficient (Wildman–Crippen LogP) is 1.75. The van der Waals surface area contributed by atoms with Gasteiger partial charge in [0.05, 0.1) is 4.92 Å². The van der Waals surface area contributed by atoms with Gasteiger partial charge < -0.3 is 14.4 Å². The lowest BCUT2D eigenvalue weighted by atomic mass is 9.83. The molecular formula is C22H22N4O5. The molecule has 1 saturated heterocycles. The first-order valence-electron chi connectivity index (χ1n) is 10.4. The molecule has 1 aromatic heterocycles. The van der Waals surface area contributed by atoms with Crippen molar-refractivity contribution in [2.45, 2.75) is 38.4 Å². The van der Waals surface area contributed by atoms with Crippen LogP contribution in [-0.4, -0.2) is 50.2 Å². The molecule has 2 aromatic rings. The van der Waals surface area contributed by atoms with Crippen LogP contribution in [0.25, 0.3) is 0 Å². The van der Waals surface area contributed by atoms with Gasteiger partial charge in [0.25, 0.3) is 5.91 Å². The largest absolute Gasteiger partial charge is 0.340 e. The Labute approximate surface area is 178 Å². The summed E-state index contributed by atoms with van der Waals surface area (Å²) in [6.45, 7) is 3.45. The summed E-state index contributed by atoms with van der Waals surface area (Å²) in [7, 11) is 0. The molecule has 9 nitrogen and oxygen atoms in total. The molecule has 3 aliphatic rings. The summed E-state index contributed by atoms with van der Waals surface area (Å²) in [5, 5.41) is 11.1. The summed E-state index contributed by atoms with van der Waals surface area (Å²) in [5.74, 6) is -0.233. The minimum Gasteiger partial charge on any atom is -0.340 e. The third-order valence-corrected chi connectivity index (χ3v) is 6.77. The number of carbonyl (C=O) groups excluding carboxylic acids is 2. The number of piperidine rings is 1. The summed E-state index contributed by atoms with van der Waals surface area (Å²) in [4.78, 5) is 52.5. The molecule has 31 heavy (non-hydrogen) atoms. The zero-order chi connectivity index (χ0) is 21.9. The highest BCUT2D eigenvalue weighted by Gasteiger charge is 2.41. The highest BCUT2D eigenvalue weighted by atomic mass is 16.6. The maximum Gasteiger partial charge on any atom is 0.334 e. The second-order valence-corrected chi connectivity index (χ2v) is 8.62. The molecule has 3 aliphatic heterocycles. The molecule has 0 radical (unpaired) electrons. The zero-order valence-corrected chi connectivity index (χ0v) is 17.1. The zero-order valence-electron chi connectivity index (χ0n) is 17.1. The Morgan fingerprint density at radius 3 is 2.65 bits per heavy atom. The molecule has 0 spiro atoms. The summed E-state index contributed by atoms with van der Waals surface area (Å²) in [5.41, 5.74) is 1.31. The van der Waals surface area contributed by atoms with Crippen molar-refractivity contribution in [3.63, 3.8) is 0 Å². The Kier molecular flexibility index (Phi) is 4.42. The van der Waals surface area contributed by atoms with Crippen LogP contribution in [0.2, 0.25) is 0 Å². The Balaban J connectivity index is 1.37. The van der Waals surface area contributed by atoms with Crippen LogP contribution in [0, 0.1) is 16.0 Å². The fraction of sp³-hybridized carbons (Fsp3) is 0.409. The average Bonchev–Trinajstić information content (AvgIpc) is 3.10. The van der Waals surface area contributed by atoms with Crippen LogP contribution in [0.3, 0.4) is 0 Å². The quantitative estimate of drug-likeness (QED) is 0.553. The molecule has 160 valence electrons. The number of benzene rings is 1. The Morgan fingerprint density at radius 1 is 1.13 bits per heavy atom. The number of nitro groups is 1. The predicted molar refractivity (Wildman–Crippen MR) is 111 cm³/mol. The van der Waals surface area contributed by atoms with Crippen molar-refractivity contribution in [1.82, 2.24) is 14.4 Å². The number of carbonyl (C=O) groups is 2. The van der Waals surface area contributed by atoms with Gasteiger partial charge in [0.15, 0.2) is 0 Å². The normalized spacial score (nSPS) is 22.7. The van der Waals surface area contributed by atoms with Gasteiger partial charge in [-0.15, -0.1) is 0 Å². The second-order valence-electron chi connectivity index (χ2n) is 8.62. The van der Waals surface area contributed by atoms with E-state index in [1.807, 2.05) is 18.2 Å². The lowest BCUT2D eigenvalue weighted by Gasteiger charge is -2.44. The van der Waals surface area contributed by atoms with Gasteiger partial charge in [-0.25, -0.2) is 0 Å². The van der Waals surface area contributed by atoms with Crippen LogP contribution in [-0.2, 0) is 17.9 Å². The number of nitrogens with zero attached hydrogens (tertiary/aromatic N) is 4. The molecule has 9 heteroatoms. The van der Waals surface area contributed by atoms with Crippen molar-refractivity contribution in [3.8, 4) is 0 Å². The van der Waals surface area contributed by atoms with Crippen LogP contribution >= 0.6 is 0 Å². The van der Waals surface area contributed by atoms with Crippen molar-refractivity contribution in [1.29, 1.82) is 0 Å². The van der Waals surface area contributed by atoms with E-state index in [0.29, 0.717) is 31.7 Å². The third kappa shape index (κ3) is 3.03. The van der Waals surface area contributed by atoms with Crippen LogP contribution in [0.4, 0.5) is 5.69 Å². The number of hydrogen-bond acceptors (Lipinski definition) is 5. The number of amides is 2. The van der Waals surface area contributed by atoms with Gasteiger partial charge in [-0.1, -0.05) is 18.2 Å². The molecule has 0 N–H and O–H groups in total. The molecular weight excluding hydrogens is 400 g/mol. The molecule has 0 aliphatic carbocycles. The van der Waals surface area contributed by atoms with E-state index in [1.165, 1.54) is 10.6 Å². The Bertz CT molecular complexity index is 1170. The van der Waals surface area contributed by atoms with Crippen LogP contribution in [0.5, 0.6) is 0 Å². The van der Waals surface area contributed by atoms with Crippen LogP contribution in [0.1, 0.15) is 40.9 Å². The molecule has 1 fully saturated rings. The lowest BCUT2D eigenvalue weighted by molar-refractivity contribution is -0.386. The highest BCUT2D eigenvalue weighted by molar-refractivity contribution is 6.01. The van der Waals surface area contributed by atoms with E-state index in [0.717, 1.165) is 17.7 Å². The molecule has 1 aromatic carbocycles. The number of pyridine rings is 1. The summed E-state index contributed by atoms with van der Waals surface area (Å²) in [6.07, 6.45) is 0.837. The average molecular weight is 422 g/mol. The monoisotopic (exact) mass is 422 g/mol. The number of aromatic nitrogens is 1. The van der Waals surface area contributed by atoms with E-state index in [9.17, 15) is 24.5 Å². The van der Waals surface area contributed by atoms with E-state index >= 15 is 0 Å². The van der Waals surface area contributed by atoms with Gasteiger partial charge in [0.2, 0.25) is 5.91 Å². The van der Waals surface area contributed by atoms with Crippen molar-refractivity contribution in [2.75, 3.05) is 13.1 Å². The first kappa shape index (κ1) is 19.5. The van der Waals surface area contributed by atoms with E-state index in [-0.39, 0.29) is 23.7 Å². The Hall–Kier alpha value is -3.49. The number of hydrogen-bond donors (Lipinski definition) is 0. The maximum atomic E-state index is 13.3. The topological polar surface area (TPSA) is 106 Å². The molecule has 2 amide bonds.